The third-order valence-electron chi connectivity index (χ3n) is 4.07. The largest absolute Gasteiger partial charge is 0.378 e. The lowest BCUT2D eigenvalue weighted by Gasteiger charge is -2.16. The molecular formula is C20H21NOS. The van der Waals surface area contributed by atoms with Crippen LogP contribution in [0.4, 0.5) is 5.69 Å². The maximum atomic E-state index is 12.9. The van der Waals surface area contributed by atoms with Gasteiger partial charge in [-0.25, -0.2) is 0 Å². The third-order valence-corrected chi connectivity index (χ3v) is 5.68. The van der Waals surface area contributed by atoms with Crippen molar-refractivity contribution in [2.75, 3.05) is 19.0 Å². The van der Waals surface area contributed by atoms with E-state index in [1.54, 1.807) is 0 Å². The molecule has 1 aliphatic rings. The second kappa shape index (κ2) is 6.55. The van der Waals surface area contributed by atoms with E-state index in [2.05, 4.69) is 35.2 Å². The number of anilines is 1. The summed E-state index contributed by atoms with van der Waals surface area (Å²) in [7, 11) is 2.98. The molecule has 0 saturated carbocycles. The van der Waals surface area contributed by atoms with Crippen molar-refractivity contribution >= 4 is 22.1 Å². The minimum Gasteiger partial charge on any atom is -0.378 e. The highest BCUT2D eigenvalue weighted by atomic mass is 32.2. The van der Waals surface area contributed by atoms with E-state index in [9.17, 15) is 4.21 Å². The Kier molecular flexibility index (Phi) is 4.49. The van der Waals surface area contributed by atoms with Gasteiger partial charge in [-0.1, -0.05) is 48.1 Å². The Morgan fingerprint density at radius 3 is 2.22 bits per heavy atom. The van der Waals surface area contributed by atoms with Gasteiger partial charge >= 0.3 is 0 Å². The number of aryl methyl sites for hydroxylation is 1. The van der Waals surface area contributed by atoms with Gasteiger partial charge < -0.3 is 4.90 Å². The van der Waals surface area contributed by atoms with Crippen molar-refractivity contribution in [2.24, 2.45) is 0 Å². The van der Waals surface area contributed by atoms with Gasteiger partial charge in [0.05, 0.1) is 16.0 Å². The van der Waals surface area contributed by atoms with Gasteiger partial charge in [-0.15, -0.1) is 0 Å². The fraction of sp³-hybridized carbons (Fsp3) is 0.200. The molecule has 3 rings (SSSR count). The topological polar surface area (TPSA) is 20.3 Å². The van der Waals surface area contributed by atoms with Crippen molar-refractivity contribution in [3.8, 4) is 0 Å². The molecular weight excluding hydrogens is 302 g/mol. The van der Waals surface area contributed by atoms with E-state index >= 15 is 0 Å². The average Bonchev–Trinajstić information content (AvgIpc) is 3.04. The van der Waals surface area contributed by atoms with Crippen molar-refractivity contribution in [2.45, 2.75) is 17.1 Å². The summed E-state index contributed by atoms with van der Waals surface area (Å²) in [6.45, 7) is 2.04. The molecule has 3 heteroatoms. The fourth-order valence-corrected chi connectivity index (χ4v) is 4.05. The van der Waals surface area contributed by atoms with Gasteiger partial charge in [0.2, 0.25) is 0 Å². The standard InChI is InChI=1S/C20H21NOS/c1-15-7-13-18(14-8-15)23(22)20-6-4-5-19(20)16-9-11-17(12-10-16)21(2)3/h4-14,20H,1-3H3. The van der Waals surface area contributed by atoms with Crippen LogP contribution in [0.5, 0.6) is 0 Å². The highest BCUT2D eigenvalue weighted by Crippen LogP contribution is 2.31. The Bertz CT molecular complexity index is 770. The van der Waals surface area contributed by atoms with Gasteiger partial charge in [-0.05, 0) is 42.3 Å². The van der Waals surface area contributed by atoms with Crippen LogP contribution in [0.25, 0.3) is 5.57 Å². The van der Waals surface area contributed by atoms with E-state index in [4.69, 9.17) is 0 Å². The highest BCUT2D eigenvalue weighted by molar-refractivity contribution is 7.86. The van der Waals surface area contributed by atoms with Crippen LogP contribution in [0, 0.1) is 6.92 Å². The van der Waals surface area contributed by atoms with Crippen LogP contribution in [0.15, 0.2) is 71.7 Å². The summed E-state index contributed by atoms with van der Waals surface area (Å²) in [6, 6.07) is 16.4. The van der Waals surface area contributed by atoms with Crippen molar-refractivity contribution in [1.29, 1.82) is 0 Å². The normalized spacial score (nSPS) is 17.9. The monoisotopic (exact) mass is 323 g/mol. The summed E-state index contributed by atoms with van der Waals surface area (Å²) < 4.78 is 12.9. The predicted octanol–water partition coefficient (Wildman–Crippen LogP) is 4.19. The zero-order chi connectivity index (χ0) is 16.4. The first kappa shape index (κ1) is 15.8. The molecule has 2 atom stereocenters. The maximum Gasteiger partial charge on any atom is 0.0833 e. The number of benzene rings is 2. The first-order valence-corrected chi connectivity index (χ1v) is 8.91. The number of hydrogen-bond acceptors (Lipinski definition) is 2. The molecule has 0 amide bonds. The van der Waals surface area contributed by atoms with Crippen molar-refractivity contribution < 1.29 is 4.21 Å². The van der Waals surface area contributed by atoms with Crippen molar-refractivity contribution in [3.05, 3.63) is 77.9 Å². The SMILES string of the molecule is Cc1ccc(S(=O)C2C=CC=C2c2ccc(N(C)C)cc2)cc1. The summed E-state index contributed by atoms with van der Waals surface area (Å²) >= 11 is 0. The van der Waals surface area contributed by atoms with Crippen LogP contribution in [0.2, 0.25) is 0 Å². The van der Waals surface area contributed by atoms with Gasteiger partial charge in [0.15, 0.2) is 0 Å². The molecule has 2 nitrogen and oxygen atoms in total. The van der Waals surface area contributed by atoms with Gasteiger partial charge in [0.1, 0.15) is 0 Å². The van der Waals surface area contributed by atoms with Crippen LogP contribution in [-0.2, 0) is 10.8 Å². The first-order valence-electron chi connectivity index (χ1n) is 7.69. The Labute approximate surface area is 140 Å². The van der Waals surface area contributed by atoms with Gasteiger partial charge in [0.25, 0.3) is 0 Å². The lowest BCUT2D eigenvalue weighted by Crippen LogP contribution is -2.13. The number of nitrogens with zero attached hydrogens (tertiary/aromatic N) is 1. The smallest absolute Gasteiger partial charge is 0.0833 e. The molecule has 0 fully saturated rings. The van der Waals surface area contributed by atoms with Crippen LogP contribution >= 0.6 is 0 Å². The van der Waals surface area contributed by atoms with Gasteiger partial charge in [-0.2, -0.15) is 0 Å². The predicted molar refractivity (Wildman–Crippen MR) is 99.3 cm³/mol. The van der Waals surface area contributed by atoms with Gasteiger partial charge in [0, 0.05) is 24.7 Å². The van der Waals surface area contributed by atoms with E-state index in [0.717, 1.165) is 21.7 Å². The van der Waals surface area contributed by atoms with E-state index in [0.29, 0.717) is 0 Å². The molecule has 0 spiro atoms. The zero-order valence-electron chi connectivity index (χ0n) is 13.7. The van der Waals surface area contributed by atoms with Crippen molar-refractivity contribution in [1.82, 2.24) is 0 Å². The molecule has 2 aromatic carbocycles. The fourth-order valence-electron chi connectivity index (χ4n) is 2.68. The summed E-state index contributed by atoms with van der Waals surface area (Å²) in [5.74, 6) is 0. The number of rotatable bonds is 4. The van der Waals surface area contributed by atoms with Crippen LogP contribution in [0.3, 0.4) is 0 Å². The minimum atomic E-state index is -1.08. The molecule has 0 heterocycles. The molecule has 23 heavy (non-hydrogen) atoms. The molecule has 0 saturated heterocycles. The summed E-state index contributed by atoms with van der Waals surface area (Å²) in [5, 5.41) is -0.0806. The molecule has 0 N–H and O–H groups in total. The highest BCUT2D eigenvalue weighted by Gasteiger charge is 2.23. The van der Waals surface area contributed by atoms with Crippen LogP contribution in [-0.4, -0.2) is 23.6 Å². The number of allylic oxidation sites excluding steroid dienone is 2. The molecule has 0 aromatic heterocycles. The third kappa shape index (κ3) is 3.30. The lowest BCUT2D eigenvalue weighted by atomic mass is 10.0. The second-order valence-corrected chi connectivity index (χ2v) is 7.55. The van der Waals surface area contributed by atoms with E-state index in [1.807, 2.05) is 57.4 Å². The Balaban J connectivity index is 1.86. The van der Waals surface area contributed by atoms with E-state index in [1.165, 1.54) is 5.56 Å². The Morgan fingerprint density at radius 2 is 1.61 bits per heavy atom. The quantitative estimate of drug-likeness (QED) is 0.841. The zero-order valence-corrected chi connectivity index (χ0v) is 14.5. The summed E-state index contributed by atoms with van der Waals surface area (Å²) in [4.78, 5) is 2.95. The Hall–Kier alpha value is -2.13. The second-order valence-electron chi connectivity index (χ2n) is 5.98. The molecule has 2 unspecified atom stereocenters. The first-order chi connectivity index (χ1) is 11.1. The van der Waals surface area contributed by atoms with E-state index in [-0.39, 0.29) is 5.25 Å². The average molecular weight is 323 g/mol. The lowest BCUT2D eigenvalue weighted by molar-refractivity contribution is 0.682. The number of hydrogen-bond donors (Lipinski definition) is 0. The Morgan fingerprint density at radius 1 is 0.957 bits per heavy atom. The molecule has 0 bridgehead atoms. The van der Waals surface area contributed by atoms with Crippen LogP contribution < -0.4 is 4.90 Å². The summed E-state index contributed by atoms with van der Waals surface area (Å²) in [5.41, 5.74) is 4.60. The molecule has 2 aromatic rings. The van der Waals surface area contributed by atoms with Gasteiger partial charge in [-0.3, -0.25) is 4.21 Å². The van der Waals surface area contributed by atoms with Crippen LogP contribution in [0.1, 0.15) is 11.1 Å². The maximum absolute atomic E-state index is 12.9. The summed E-state index contributed by atoms with van der Waals surface area (Å²) in [6.07, 6.45) is 6.11. The van der Waals surface area contributed by atoms with E-state index < -0.39 is 10.8 Å². The molecule has 0 radical (unpaired) electrons. The molecule has 1 aliphatic carbocycles. The molecule has 0 aliphatic heterocycles. The van der Waals surface area contributed by atoms with Crippen molar-refractivity contribution in [3.63, 3.8) is 0 Å². The minimum absolute atomic E-state index is 0.0806. The molecule has 118 valence electrons.